The lowest BCUT2D eigenvalue weighted by Gasteiger charge is -2.16. The molecule has 0 heterocycles. The van der Waals surface area contributed by atoms with E-state index in [1.54, 1.807) is 36.4 Å². The lowest BCUT2D eigenvalue weighted by Crippen LogP contribution is -2.28. The fraction of sp³-hybridized carbons (Fsp3) is 0.0909. The smallest absolute Gasteiger partial charge is 0.257 e. The van der Waals surface area contributed by atoms with Crippen LogP contribution in [0.25, 0.3) is 0 Å². The van der Waals surface area contributed by atoms with E-state index in [-0.39, 0.29) is 22.5 Å². The summed E-state index contributed by atoms with van der Waals surface area (Å²) < 4.78 is 0. The van der Waals surface area contributed by atoms with Crippen molar-refractivity contribution in [2.24, 2.45) is 0 Å². The third kappa shape index (κ3) is 4.71. The van der Waals surface area contributed by atoms with E-state index in [1.165, 1.54) is 6.07 Å². The molecule has 4 nitrogen and oxygen atoms in total. The van der Waals surface area contributed by atoms with Gasteiger partial charge in [-0.1, -0.05) is 65.7 Å². The van der Waals surface area contributed by atoms with Crippen molar-refractivity contribution < 1.29 is 9.59 Å². The minimum Gasteiger partial charge on any atom is -0.345 e. The molecule has 0 aromatic heterocycles. The van der Waals surface area contributed by atoms with Gasteiger partial charge in [-0.05, 0) is 42.8 Å². The number of hydrogen-bond acceptors (Lipinski definition) is 2. The van der Waals surface area contributed by atoms with Crippen molar-refractivity contribution in [3.8, 4) is 0 Å². The number of amides is 2. The predicted molar refractivity (Wildman–Crippen MR) is 113 cm³/mol. The summed E-state index contributed by atoms with van der Waals surface area (Å²) in [6.07, 6.45) is 0. The van der Waals surface area contributed by atoms with Gasteiger partial charge >= 0.3 is 0 Å². The third-order valence-corrected chi connectivity index (χ3v) is 4.79. The van der Waals surface area contributed by atoms with Crippen LogP contribution in [0.3, 0.4) is 0 Å². The molecule has 6 heteroatoms. The molecular formula is C22H18Cl2N2O2. The molecule has 1 atom stereocenters. The molecule has 0 saturated carbocycles. The quantitative estimate of drug-likeness (QED) is 0.561. The van der Waals surface area contributed by atoms with Crippen LogP contribution in [0.15, 0.2) is 72.8 Å². The summed E-state index contributed by atoms with van der Waals surface area (Å²) in [5.41, 5.74) is 2.03. The third-order valence-electron chi connectivity index (χ3n) is 4.24. The number of para-hydroxylation sites is 1. The summed E-state index contributed by atoms with van der Waals surface area (Å²) in [7, 11) is 0. The summed E-state index contributed by atoms with van der Waals surface area (Å²) >= 11 is 12.0. The van der Waals surface area contributed by atoms with Crippen LogP contribution in [0.4, 0.5) is 5.69 Å². The maximum absolute atomic E-state index is 12.8. The highest BCUT2D eigenvalue weighted by Crippen LogP contribution is 2.23. The van der Waals surface area contributed by atoms with E-state index in [0.29, 0.717) is 16.3 Å². The van der Waals surface area contributed by atoms with Crippen molar-refractivity contribution in [3.05, 3.63) is 99.5 Å². The first-order valence-electron chi connectivity index (χ1n) is 8.67. The zero-order valence-electron chi connectivity index (χ0n) is 15.1. The predicted octanol–water partition coefficient (Wildman–Crippen LogP) is 5.74. The van der Waals surface area contributed by atoms with Crippen LogP contribution in [-0.4, -0.2) is 11.8 Å². The van der Waals surface area contributed by atoms with Gasteiger partial charge in [0.2, 0.25) is 0 Å². The summed E-state index contributed by atoms with van der Waals surface area (Å²) in [4.78, 5) is 25.4. The highest BCUT2D eigenvalue weighted by atomic mass is 35.5. The molecule has 3 aromatic carbocycles. The number of hydrogen-bond donors (Lipinski definition) is 2. The molecule has 0 aliphatic rings. The fourth-order valence-electron chi connectivity index (χ4n) is 2.75. The van der Waals surface area contributed by atoms with E-state index in [0.717, 1.165) is 5.56 Å². The lowest BCUT2D eigenvalue weighted by atomic mass is 10.1. The average molecular weight is 413 g/mol. The van der Waals surface area contributed by atoms with Gasteiger partial charge in [0.1, 0.15) is 0 Å². The first-order valence-corrected chi connectivity index (χ1v) is 9.42. The Morgan fingerprint density at radius 2 is 1.50 bits per heavy atom. The van der Waals surface area contributed by atoms with Crippen LogP contribution in [0, 0.1) is 0 Å². The van der Waals surface area contributed by atoms with Crippen molar-refractivity contribution in [1.29, 1.82) is 0 Å². The molecule has 0 saturated heterocycles. The Kier molecular flexibility index (Phi) is 6.34. The van der Waals surface area contributed by atoms with Crippen molar-refractivity contribution in [2.75, 3.05) is 5.32 Å². The normalized spacial score (nSPS) is 11.5. The van der Waals surface area contributed by atoms with Crippen LogP contribution in [-0.2, 0) is 0 Å². The molecule has 0 fully saturated rings. The average Bonchev–Trinajstić information content (AvgIpc) is 2.68. The van der Waals surface area contributed by atoms with Crippen LogP contribution in [0.5, 0.6) is 0 Å². The lowest BCUT2D eigenvalue weighted by molar-refractivity contribution is 0.0941. The largest absolute Gasteiger partial charge is 0.345 e. The molecule has 28 heavy (non-hydrogen) atoms. The SMILES string of the molecule is CC(NC(=O)c1ccccc1NC(=O)c1ccc(Cl)cc1Cl)c1ccccc1. The summed E-state index contributed by atoms with van der Waals surface area (Å²) in [6.45, 7) is 1.90. The van der Waals surface area contributed by atoms with Crippen LogP contribution >= 0.6 is 23.2 Å². The molecule has 0 bridgehead atoms. The molecule has 3 aromatic rings. The Hall–Kier alpha value is -2.82. The molecule has 2 amide bonds. The molecule has 1 unspecified atom stereocenters. The van der Waals surface area contributed by atoms with E-state index >= 15 is 0 Å². The summed E-state index contributed by atoms with van der Waals surface area (Å²) in [6, 6.07) is 20.9. The molecule has 142 valence electrons. The van der Waals surface area contributed by atoms with Crippen molar-refractivity contribution in [3.63, 3.8) is 0 Å². The van der Waals surface area contributed by atoms with Crippen LogP contribution in [0.1, 0.15) is 39.2 Å². The fourth-order valence-corrected chi connectivity index (χ4v) is 3.25. The van der Waals surface area contributed by atoms with E-state index in [9.17, 15) is 9.59 Å². The topological polar surface area (TPSA) is 58.2 Å². The van der Waals surface area contributed by atoms with Gasteiger partial charge in [-0.25, -0.2) is 0 Å². The highest BCUT2D eigenvalue weighted by Gasteiger charge is 2.17. The van der Waals surface area contributed by atoms with Gasteiger partial charge in [0.25, 0.3) is 11.8 Å². The van der Waals surface area contributed by atoms with Crippen molar-refractivity contribution >= 4 is 40.7 Å². The molecular weight excluding hydrogens is 395 g/mol. The molecule has 0 aliphatic carbocycles. The van der Waals surface area contributed by atoms with Gasteiger partial charge in [0.05, 0.1) is 27.9 Å². The standard InChI is InChI=1S/C22H18Cl2N2O2/c1-14(15-7-3-2-4-8-15)25-22(28)18-9-5-6-10-20(18)26-21(27)17-12-11-16(23)13-19(17)24/h2-14H,1H3,(H,25,28)(H,26,27). The maximum atomic E-state index is 12.8. The molecule has 0 spiro atoms. The molecule has 0 radical (unpaired) electrons. The first-order chi connectivity index (χ1) is 13.5. The first kappa shape index (κ1) is 19.9. The number of halogens is 2. The molecule has 3 rings (SSSR count). The number of anilines is 1. The number of carbonyl (C=O) groups excluding carboxylic acids is 2. The zero-order chi connectivity index (χ0) is 20.1. The van der Waals surface area contributed by atoms with E-state index < -0.39 is 5.91 Å². The summed E-state index contributed by atoms with van der Waals surface area (Å²) in [5, 5.41) is 6.39. The monoisotopic (exact) mass is 412 g/mol. The Morgan fingerprint density at radius 3 is 2.21 bits per heavy atom. The van der Waals surface area contributed by atoms with Crippen molar-refractivity contribution in [2.45, 2.75) is 13.0 Å². The minimum absolute atomic E-state index is 0.178. The van der Waals surface area contributed by atoms with Gasteiger partial charge in [-0.2, -0.15) is 0 Å². The van der Waals surface area contributed by atoms with E-state index in [1.807, 2.05) is 37.3 Å². The maximum Gasteiger partial charge on any atom is 0.257 e. The Morgan fingerprint density at radius 1 is 0.821 bits per heavy atom. The van der Waals surface area contributed by atoms with Gasteiger partial charge in [-0.15, -0.1) is 0 Å². The van der Waals surface area contributed by atoms with Gasteiger partial charge in [-0.3, -0.25) is 9.59 Å². The second-order valence-corrected chi connectivity index (χ2v) is 7.07. The minimum atomic E-state index is -0.418. The second kappa shape index (κ2) is 8.91. The van der Waals surface area contributed by atoms with E-state index in [2.05, 4.69) is 10.6 Å². The number of benzene rings is 3. The number of carbonyl (C=O) groups is 2. The molecule has 0 aliphatic heterocycles. The van der Waals surface area contributed by atoms with Crippen LogP contribution < -0.4 is 10.6 Å². The number of rotatable bonds is 5. The molecule has 2 N–H and O–H groups in total. The second-order valence-electron chi connectivity index (χ2n) is 6.23. The highest BCUT2D eigenvalue weighted by molar-refractivity contribution is 6.37. The Labute approximate surface area is 173 Å². The van der Waals surface area contributed by atoms with E-state index in [4.69, 9.17) is 23.2 Å². The Bertz CT molecular complexity index is 1010. The number of nitrogens with one attached hydrogen (secondary N) is 2. The zero-order valence-corrected chi connectivity index (χ0v) is 16.6. The van der Waals surface area contributed by atoms with Gasteiger partial charge in [0.15, 0.2) is 0 Å². The van der Waals surface area contributed by atoms with Gasteiger partial charge in [0, 0.05) is 5.02 Å². The van der Waals surface area contributed by atoms with Crippen LogP contribution in [0.2, 0.25) is 10.0 Å². The van der Waals surface area contributed by atoms with Crippen molar-refractivity contribution in [1.82, 2.24) is 5.32 Å². The van der Waals surface area contributed by atoms with Gasteiger partial charge < -0.3 is 10.6 Å². The summed E-state index contributed by atoms with van der Waals surface area (Å²) in [5.74, 6) is -0.701. The Balaban J connectivity index is 1.79.